The lowest BCUT2D eigenvalue weighted by Gasteiger charge is -2.34. The number of hydrogen-bond acceptors (Lipinski definition) is 7. The first-order valence-corrected chi connectivity index (χ1v) is 11.5. The van der Waals surface area contributed by atoms with Crippen LogP contribution in [0.3, 0.4) is 0 Å². The van der Waals surface area contributed by atoms with Gasteiger partial charge in [-0.1, -0.05) is 6.92 Å². The highest BCUT2D eigenvalue weighted by Crippen LogP contribution is 2.29. The number of sulfone groups is 1. The first kappa shape index (κ1) is 22.3. The number of aromatic nitrogens is 4. The third-order valence-electron chi connectivity index (χ3n) is 5.45. The molecule has 0 aromatic carbocycles. The summed E-state index contributed by atoms with van der Waals surface area (Å²) in [5.41, 5.74) is -1.44. The van der Waals surface area contributed by atoms with Gasteiger partial charge in [-0.05, 0) is 25.2 Å². The fourth-order valence-electron chi connectivity index (χ4n) is 3.49. The Hall–Kier alpha value is -2.93. The van der Waals surface area contributed by atoms with Crippen LogP contribution < -0.4 is 10.6 Å². The predicted molar refractivity (Wildman–Crippen MR) is 111 cm³/mol. The molecule has 1 aliphatic rings. The number of pyridine rings is 2. The minimum atomic E-state index is -4.64. The van der Waals surface area contributed by atoms with Crippen molar-refractivity contribution in [2.24, 2.45) is 0 Å². The second kappa shape index (κ2) is 7.89. The van der Waals surface area contributed by atoms with Crippen LogP contribution >= 0.6 is 0 Å². The second-order valence-electron chi connectivity index (χ2n) is 7.55. The number of fused-ring (bicyclic) bond motifs is 1. The zero-order valence-corrected chi connectivity index (χ0v) is 18.2. The molecule has 0 spiro atoms. The van der Waals surface area contributed by atoms with Crippen LogP contribution in [-0.2, 0) is 16.0 Å². The number of piperazine rings is 1. The minimum absolute atomic E-state index is 0.0622. The molecule has 0 radical (unpaired) electrons. The summed E-state index contributed by atoms with van der Waals surface area (Å²) in [5.74, 6) is -0.485. The van der Waals surface area contributed by atoms with E-state index in [4.69, 9.17) is 0 Å². The number of rotatable bonds is 4. The molecule has 32 heavy (non-hydrogen) atoms. The quantitative estimate of drug-likeness (QED) is 0.570. The molecule has 172 valence electrons. The third-order valence-corrected chi connectivity index (χ3v) is 7.18. The van der Waals surface area contributed by atoms with Crippen molar-refractivity contribution in [2.75, 3.05) is 43.9 Å². The van der Waals surface area contributed by atoms with Gasteiger partial charge in [-0.3, -0.25) is 0 Å². The van der Waals surface area contributed by atoms with Crippen molar-refractivity contribution in [3.63, 3.8) is 0 Å². The van der Waals surface area contributed by atoms with Gasteiger partial charge in [-0.15, -0.1) is 5.10 Å². The Morgan fingerprint density at radius 2 is 1.81 bits per heavy atom. The lowest BCUT2D eigenvalue weighted by Crippen LogP contribution is -2.44. The first-order chi connectivity index (χ1) is 15.0. The second-order valence-corrected chi connectivity index (χ2v) is 9.79. The molecule has 0 unspecified atom stereocenters. The lowest BCUT2D eigenvalue weighted by molar-refractivity contribution is -0.137. The Balaban J connectivity index is 1.87. The van der Waals surface area contributed by atoms with E-state index < -0.39 is 27.3 Å². The maximum absolute atomic E-state index is 13.0. The maximum atomic E-state index is 13.0. The number of nitrogens with zero attached hydrogens (tertiary/aromatic N) is 6. The van der Waals surface area contributed by atoms with E-state index in [0.29, 0.717) is 25.0 Å². The highest BCUT2D eigenvalue weighted by atomic mass is 32.2. The van der Waals surface area contributed by atoms with Crippen LogP contribution in [0.25, 0.3) is 11.5 Å². The van der Waals surface area contributed by atoms with E-state index in [1.807, 2.05) is 11.9 Å². The van der Waals surface area contributed by atoms with Gasteiger partial charge in [0.1, 0.15) is 4.90 Å². The number of likely N-dealkylation sites (N-methyl/N-ethyl adjacent to an activating group) is 1. The SMILES string of the molecule is CCS(=O)(=O)c1cc(N2CCN(C)CC2)cnc1-n1nc2ccc(C(F)(F)F)cn2c1=O. The number of hydrogen-bond donors (Lipinski definition) is 0. The van der Waals surface area contributed by atoms with Crippen LogP contribution in [0.5, 0.6) is 0 Å². The molecule has 4 rings (SSSR count). The van der Waals surface area contributed by atoms with Crippen molar-refractivity contribution in [1.29, 1.82) is 0 Å². The Morgan fingerprint density at radius 1 is 1.12 bits per heavy atom. The van der Waals surface area contributed by atoms with E-state index in [1.54, 1.807) is 0 Å². The smallest absolute Gasteiger partial charge is 0.368 e. The lowest BCUT2D eigenvalue weighted by atomic mass is 10.3. The van der Waals surface area contributed by atoms with Gasteiger partial charge in [0.25, 0.3) is 0 Å². The van der Waals surface area contributed by atoms with Crippen LogP contribution in [0, 0.1) is 0 Å². The summed E-state index contributed by atoms with van der Waals surface area (Å²) in [6.07, 6.45) is -2.56. The van der Waals surface area contributed by atoms with Gasteiger partial charge in [0.15, 0.2) is 21.3 Å². The van der Waals surface area contributed by atoms with E-state index in [-0.39, 0.29) is 22.1 Å². The van der Waals surface area contributed by atoms with Gasteiger partial charge < -0.3 is 9.80 Å². The summed E-state index contributed by atoms with van der Waals surface area (Å²) >= 11 is 0. The minimum Gasteiger partial charge on any atom is -0.368 e. The number of anilines is 1. The summed E-state index contributed by atoms with van der Waals surface area (Å²) in [6, 6.07) is 3.30. The molecule has 1 aliphatic heterocycles. The number of halogens is 3. The Kier molecular flexibility index (Phi) is 5.49. The average Bonchev–Trinajstić information content (AvgIpc) is 3.09. The van der Waals surface area contributed by atoms with Gasteiger partial charge in [0.05, 0.1) is 23.2 Å². The highest BCUT2D eigenvalue weighted by molar-refractivity contribution is 7.91. The monoisotopic (exact) mass is 470 g/mol. The topological polar surface area (TPSA) is 92.8 Å². The third kappa shape index (κ3) is 3.97. The normalized spacial score (nSPS) is 16.1. The molecule has 0 bridgehead atoms. The fourth-order valence-corrected chi connectivity index (χ4v) is 4.52. The predicted octanol–water partition coefficient (Wildman–Crippen LogP) is 1.44. The summed E-state index contributed by atoms with van der Waals surface area (Å²) < 4.78 is 66.2. The van der Waals surface area contributed by atoms with Crippen molar-refractivity contribution < 1.29 is 21.6 Å². The molecule has 3 aromatic heterocycles. The van der Waals surface area contributed by atoms with Crippen molar-refractivity contribution in [2.45, 2.75) is 18.0 Å². The van der Waals surface area contributed by atoms with Crippen molar-refractivity contribution in [3.8, 4) is 5.82 Å². The molecule has 1 saturated heterocycles. The standard InChI is InChI=1S/C19H21F3N6O3S/c1-3-32(30,31)15-10-14(26-8-6-25(2)7-9-26)11-23-17(15)28-18(29)27-12-13(19(20,21)22)4-5-16(27)24-28/h4-5,10-12H,3,6-9H2,1-2H3. The molecule has 3 aromatic rings. The van der Waals surface area contributed by atoms with Crippen molar-refractivity contribution in [3.05, 3.63) is 46.6 Å². The van der Waals surface area contributed by atoms with Crippen LogP contribution in [0.15, 0.2) is 40.3 Å². The Bertz CT molecular complexity index is 1320. The summed E-state index contributed by atoms with van der Waals surface area (Å²) in [6.45, 7) is 4.41. The average molecular weight is 470 g/mol. The molecule has 0 amide bonds. The van der Waals surface area contributed by atoms with E-state index in [2.05, 4.69) is 15.0 Å². The van der Waals surface area contributed by atoms with Crippen LogP contribution in [0.1, 0.15) is 12.5 Å². The van der Waals surface area contributed by atoms with E-state index >= 15 is 0 Å². The van der Waals surface area contributed by atoms with Gasteiger partial charge >= 0.3 is 11.9 Å². The van der Waals surface area contributed by atoms with E-state index in [9.17, 15) is 26.4 Å². The van der Waals surface area contributed by atoms with Gasteiger partial charge in [-0.25, -0.2) is 22.6 Å². The van der Waals surface area contributed by atoms with Gasteiger partial charge in [0, 0.05) is 32.4 Å². The summed E-state index contributed by atoms with van der Waals surface area (Å²) in [4.78, 5) is 21.0. The molecular weight excluding hydrogens is 449 g/mol. The van der Waals surface area contributed by atoms with Crippen molar-refractivity contribution >= 4 is 21.2 Å². The Labute approximate surface area is 181 Å². The summed E-state index contributed by atoms with van der Waals surface area (Å²) in [5, 5.41) is 4.02. The largest absolute Gasteiger partial charge is 0.417 e. The molecule has 0 saturated carbocycles. The molecule has 0 aliphatic carbocycles. The van der Waals surface area contributed by atoms with Crippen LogP contribution in [-0.4, -0.2) is 71.5 Å². The van der Waals surface area contributed by atoms with E-state index in [1.165, 1.54) is 19.2 Å². The molecule has 0 atom stereocenters. The molecule has 0 N–H and O–H groups in total. The van der Waals surface area contributed by atoms with Gasteiger partial charge in [-0.2, -0.15) is 17.9 Å². The van der Waals surface area contributed by atoms with Crippen molar-refractivity contribution in [1.82, 2.24) is 24.1 Å². The zero-order valence-electron chi connectivity index (χ0n) is 17.4. The Morgan fingerprint density at radius 3 is 2.44 bits per heavy atom. The molecule has 13 heteroatoms. The van der Waals surface area contributed by atoms with Gasteiger partial charge in [0.2, 0.25) is 0 Å². The molecule has 4 heterocycles. The molecule has 9 nitrogen and oxygen atoms in total. The fraction of sp³-hybridized carbons (Fsp3) is 0.421. The molecular formula is C19H21F3N6O3S. The summed E-state index contributed by atoms with van der Waals surface area (Å²) in [7, 11) is -1.83. The zero-order chi connectivity index (χ0) is 23.3. The maximum Gasteiger partial charge on any atom is 0.417 e. The molecule has 1 fully saturated rings. The highest BCUT2D eigenvalue weighted by Gasteiger charge is 2.32. The first-order valence-electron chi connectivity index (χ1n) is 9.86. The van der Waals surface area contributed by atoms with Crippen LogP contribution in [0.2, 0.25) is 0 Å². The van der Waals surface area contributed by atoms with E-state index in [0.717, 1.165) is 34.3 Å². The number of alkyl halides is 3. The van der Waals surface area contributed by atoms with Crippen LogP contribution in [0.4, 0.5) is 18.9 Å².